The Balaban J connectivity index is 3.02. The summed E-state index contributed by atoms with van der Waals surface area (Å²) in [5, 5.41) is 9.38. The van der Waals surface area contributed by atoms with Crippen molar-refractivity contribution in [2.75, 3.05) is 0 Å². The summed E-state index contributed by atoms with van der Waals surface area (Å²) in [6, 6.07) is 0. The van der Waals surface area contributed by atoms with Crippen LogP contribution < -0.4 is 0 Å². The SMILES string of the molecule is [CH2-]CCC[C@@H](O)CCCCC. The molecule has 0 bridgehead atoms. The second-order valence-electron chi connectivity index (χ2n) is 3.15. The van der Waals surface area contributed by atoms with Gasteiger partial charge in [0.25, 0.3) is 0 Å². The summed E-state index contributed by atoms with van der Waals surface area (Å²) in [6.45, 7) is 5.93. The molecule has 1 nitrogen and oxygen atoms in total. The Hall–Kier alpha value is -0.0400. The molecule has 0 aromatic heterocycles. The zero-order valence-electron chi connectivity index (χ0n) is 7.68. The van der Waals surface area contributed by atoms with Gasteiger partial charge in [-0.25, -0.2) is 0 Å². The molecule has 0 radical (unpaired) electrons. The van der Waals surface area contributed by atoms with Crippen LogP contribution in [0.4, 0.5) is 0 Å². The molecule has 0 aromatic carbocycles. The summed E-state index contributed by atoms with van der Waals surface area (Å²) < 4.78 is 0. The van der Waals surface area contributed by atoms with E-state index in [2.05, 4.69) is 13.8 Å². The minimum absolute atomic E-state index is 0.0664. The predicted octanol–water partition coefficient (Wildman–Crippen LogP) is 2.93. The molecule has 1 heteroatoms. The molecular formula is C10H21O-. The van der Waals surface area contributed by atoms with Crippen LogP contribution >= 0.6 is 0 Å². The fourth-order valence-corrected chi connectivity index (χ4v) is 1.15. The van der Waals surface area contributed by atoms with Gasteiger partial charge in [0.1, 0.15) is 0 Å². The van der Waals surface area contributed by atoms with Gasteiger partial charge in [-0.15, -0.1) is 0 Å². The first-order valence-corrected chi connectivity index (χ1v) is 4.78. The number of hydrogen-bond acceptors (Lipinski definition) is 1. The Morgan fingerprint density at radius 3 is 2.36 bits per heavy atom. The van der Waals surface area contributed by atoms with Crippen LogP contribution in [0, 0.1) is 6.92 Å². The number of aliphatic hydroxyl groups excluding tert-OH is 1. The van der Waals surface area contributed by atoms with Crippen molar-refractivity contribution in [1.29, 1.82) is 0 Å². The number of rotatable bonds is 7. The molecule has 0 saturated heterocycles. The third-order valence-electron chi connectivity index (χ3n) is 1.93. The molecule has 0 unspecified atom stereocenters. The normalized spacial score (nSPS) is 13.4. The molecule has 68 valence electrons. The van der Waals surface area contributed by atoms with Gasteiger partial charge in [-0.1, -0.05) is 32.6 Å². The van der Waals surface area contributed by atoms with Gasteiger partial charge in [0.05, 0.1) is 6.10 Å². The lowest BCUT2D eigenvalue weighted by molar-refractivity contribution is 0.148. The van der Waals surface area contributed by atoms with Crippen molar-refractivity contribution in [2.24, 2.45) is 0 Å². The monoisotopic (exact) mass is 157 g/mol. The van der Waals surface area contributed by atoms with Gasteiger partial charge in [0, 0.05) is 0 Å². The van der Waals surface area contributed by atoms with Gasteiger partial charge >= 0.3 is 0 Å². The van der Waals surface area contributed by atoms with Crippen LogP contribution in [0.2, 0.25) is 0 Å². The van der Waals surface area contributed by atoms with E-state index in [4.69, 9.17) is 0 Å². The van der Waals surface area contributed by atoms with Crippen molar-refractivity contribution in [3.05, 3.63) is 6.92 Å². The first kappa shape index (κ1) is 11.0. The molecule has 0 heterocycles. The lowest BCUT2D eigenvalue weighted by atomic mass is 10.1. The summed E-state index contributed by atoms with van der Waals surface area (Å²) in [7, 11) is 0. The summed E-state index contributed by atoms with van der Waals surface area (Å²) in [5.41, 5.74) is 0. The van der Waals surface area contributed by atoms with E-state index in [1.54, 1.807) is 0 Å². The highest BCUT2D eigenvalue weighted by Crippen LogP contribution is 2.08. The molecule has 0 aromatic rings. The van der Waals surface area contributed by atoms with Crippen molar-refractivity contribution in [3.63, 3.8) is 0 Å². The Bertz CT molecular complexity index is 71.3. The Morgan fingerprint density at radius 2 is 1.82 bits per heavy atom. The average Bonchev–Trinajstić information content (AvgIpc) is 2.01. The van der Waals surface area contributed by atoms with E-state index in [0.717, 1.165) is 25.7 Å². The van der Waals surface area contributed by atoms with Gasteiger partial charge in [0.15, 0.2) is 0 Å². The molecule has 0 rings (SSSR count). The fraction of sp³-hybridized carbons (Fsp3) is 0.900. The van der Waals surface area contributed by atoms with E-state index in [1.165, 1.54) is 19.3 Å². The largest absolute Gasteiger partial charge is 0.393 e. The van der Waals surface area contributed by atoms with Crippen LogP contribution in [-0.2, 0) is 0 Å². The van der Waals surface area contributed by atoms with Crippen molar-refractivity contribution >= 4 is 0 Å². The smallest absolute Gasteiger partial charge is 0.0539 e. The van der Waals surface area contributed by atoms with Crippen molar-refractivity contribution in [2.45, 2.75) is 58.0 Å². The first-order valence-electron chi connectivity index (χ1n) is 4.78. The van der Waals surface area contributed by atoms with Crippen LogP contribution in [0.15, 0.2) is 0 Å². The zero-order chi connectivity index (χ0) is 8.53. The third-order valence-corrected chi connectivity index (χ3v) is 1.93. The highest BCUT2D eigenvalue weighted by atomic mass is 16.3. The molecule has 0 aliphatic rings. The van der Waals surface area contributed by atoms with Gasteiger partial charge in [-0.3, -0.25) is 0 Å². The second-order valence-corrected chi connectivity index (χ2v) is 3.15. The topological polar surface area (TPSA) is 20.2 Å². The standard InChI is InChI=1S/C10H21O/c1-3-5-7-9-10(11)8-6-4-2/h10-11H,2-9H2,1H3/q-1/t10-/m1/s1. The molecule has 1 atom stereocenters. The summed E-state index contributed by atoms with van der Waals surface area (Å²) in [6.07, 6.45) is 7.53. The average molecular weight is 157 g/mol. The number of hydrogen-bond donors (Lipinski definition) is 1. The molecule has 1 N–H and O–H groups in total. The van der Waals surface area contributed by atoms with Gasteiger partial charge in [-0.2, -0.15) is 6.42 Å². The number of aliphatic hydroxyl groups is 1. The van der Waals surface area contributed by atoms with Crippen LogP contribution in [0.3, 0.4) is 0 Å². The summed E-state index contributed by atoms with van der Waals surface area (Å²) >= 11 is 0. The maximum Gasteiger partial charge on any atom is 0.0539 e. The van der Waals surface area contributed by atoms with Crippen LogP contribution in [-0.4, -0.2) is 11.2 Å². The van der Waals surface area contributed by atoms with Crippen molar-refractivity contribution in [1.82, 2.24) is 0 Å². The molecular weight excluding hydrogens is 136 g/mol. The molecule has 0 fully saturated rings. The maximum atomic E-state index is 9.38. The highest BCUT2D eigenvalue weighted by Gasteiger charge is 2.00. The Labute approximate surface area is 70.8 Å². The van der Waals surface area contributed by atoms with Crippen molar-refractivity contribution in [3.8, 4) is 0 Å². The first-order chi connectivity index (χ1) is 5.31. The maximum absolute atomic E-state index is 9.38. The molecule has 0 amide bonds. The fourth-order valence-electron chi connectivity index (χ4n) is 1.15. The predicted molar refractivity (Wildman–Crippen MR) is 49.4 cm³/mol. The van der Waals surface area contributed by atoms with E-state index in [0.29, 0.717) is 0 Å². The minimum Gasteiger partial charge on any atom is -0.393 e. The Kier molecular flexibility index (Phi) is 8.03. The molecule has 0 aliphatic carbocycles. The van der Waals surface area contributed by atoms with E-state index in [9.17, 15) is 5.11 Å². The quantitative estimate of drug-likeness (QED) is 0.445. The van der Waals surface area contributed by atoms with Crippen molar-refractivity contribution < 1.29 is 5.11 Å². The summed E-state index contributed by atoms with van der Waals surface area (Å²) in [5.74, 6) is 0. The lowest BCUT2D eigenvalue weighted by Gasteiger charge is -2.09. The van der Waals surface area contributed by atoms with Gasteiger partial charge in [0.2, 0.25) is 0 Å². The van der Waals surface area contributed by atoms with E-state index in [-0.39, 0.29) is 6.10 Å². The Morgan fingerprint density at radius 1 is 1.18 bits per heavy atom. The van der Waals surface area contributed by atoms with Gasteiger partial charge in [-0.05, 0) is 12.8 Å². The second kappa shape index (κ2) is 8.06. The van der Waals surface area contributed by atoms with Gasteiger partial charge < -0.3 is 12.0 Å². The third kappa shape index (κ3) is 7.86. The molecule has 11 heavy (non-hydrogen) atoms. The minimum atomic E-state index is -0.0664. The van der Waals surface area contributed by atoms with Crippen LogP contribution in [0.1, 0.15) is 51.9 Å². The zero-order valence-corrected chi connectivity index (χ0v) is 7.68. The molecule has 0 spiro atoms. The number of unbranched alkanes of at least 4 members (excludes halogenated alkanes) is 3. The highest BCUT2D eigenvalue weighted by molar-refractivity contribution is 4.56. The summed E-state index contributed by atoms with van der Waals surface area (Å²) in [4.78, 5) is 0. The van der Waals surface area contributed by atoms with E-state index < -0.39 is 0 Å². The van der Waals surface area contributed by atoms with Crippen LogP contribution in [0.5, 0.6) is 0 Å². The van der Waals surface area contributed by atoms with E-state index in [1.807, 2.05) is 0 Å². The van der Waals surface area contributed by atoms with Crippen LogP contribution in [0.25, 0.3) is 0 Å². The van der Waals surface area contributed by atoms with E-state index >= 15 is 0 Å². The lowest BCUT2D eigenvalue weighted by Crippen LogP contribution is -2.05. The molecule has 0 aliphatic heterocycles. The molecule has 0 saturated carbocycles.